The van der Waals surface area contributed by atoms with E-state index in [-0.39, 0.29) is 22.1 Å². The molecule has 9 heteroatoms. The summed E-state index contributed by atoms with van der Waals surface area (Å²) in [5, 5.41) is 21.2. The van der Waals surface area contributed by atoms with Gasteiger partial charge in [-0.3, -0.25) is 4.79 Å². The van der Waals surface area contributed by atoms with Crippen LogP contribution < -0.4 is 14.8 Å². The molecule has 2 rings (SSSR count). The number of benzene rings is 2. The van der Waals surface area contributed by atoms with E-state index in [0.29, 0.717) is 16.3 Å². The first-order valence-electron chi connectivity index (χ1n) is 7.75. The number of nitriles is 1. The smallest absolute Gasteiger partial charge is 0.341 e. The highest BCUT2D eigenvalue weighted by atomic mass is 35.5. The average molecular weight is 421 g/mol. The molecule has 0 aromatic heterocycles. The summed E-state index contributed by atoms with van der Waals surface area (Å²) in [5.41, 5.74) is 0.711. The number of carbonyl (C=O) groups is 2. The second kappa shape index (κ2) is 9.65. The van der Waals surface area contributed by atoms with Crippen molar-refractivity contribution in [1.29, 1.82) is 5.26 Å². The SMILES string of the molecule is COc1cc(/C=C(\C#N)C(=O)Nc2ccc(Cl)c(Cl)c2)ccc1OCC(=O)O. The zero-order valence-corrected chi connectivity index (χ0v) is 16.0. The molecular weight excluding hydrogens is 407 g/mol. The number of anilines is 1. The van der Waals surface area contributed by atoms with Gasteiger partial charge in [0.1, 0.15) is 11.6 Å². The molecule has 2 aromatic carbocycles. The minimum Gasteiger partial charge on any atom is -0.493 e. The summed E-state index contributed by atoms with van der Waals surface area (Å²) in [6.07, 6.45) is 1.36. The van der Waals surface area contributed by atoms with Crippen LogP contribution in [-0.4, -0.2) is 30.7 Å². The number of hydrogen-bond acceptors (Lipinski definition) is 5. The van der Waals surface area contributed by atoms with Gasteiger partial charge in [-0.1, -0.05) is 29.3 Å². The Hall–Kier alpha value is -3.21. The zero-order valence-electron chi connectivity index (χ0n) is 14.5. The predicted octanol–water partition coefficient (Wildman–Crippen LogP) is 4.01. The molecule has 2 aromatic rings. The van der Waals surface area contributed by atoms with Crippen LogP contribution in [0.5, 0.6) is 11.5 Å². The van der Waals surface area contributed by atoms with E-state index in [1.54, 1.807) is 12.1 Å². The van der Waals surface area contributed by atoms with Crippen LogP contribution in [0.2, 0.25) is 10.0 Å². The average Bonchev–Trinajstić information content (AvgIpc) is 2.67. The van der Waals surface area contributed by atoms with Crippen molar-refractivity contribution in [3.8, 4) is 17.6 Å². The lowest BCUT2D eigenvalue weighted by Crippen LogP contribution is -2.13. The van der Waals surface area contributed by atoms with Crippen LogP contribution in [0.1, 0.15) is 5.56 Å². The van der Waals surface area contributed by atoms with E-state index in [9.17, 15) is 14.9 Å². The normalized spacial score (nSPS) is 10.7. The van der Waals surface area contributed by atoms with Gasteiger partial charge in [-0.05, 0) is 42.0 Å². The monoisotopic (exact) mass is 420 g/mol. The first-order chi connectivity index (χ1) is 13.3. The molecule has 0 bridgehead atoms. The first kappa shape index (κ1) is 21.1. The Morgan fingerprint density at radius 1 is 1.18 bits per heavy atom. The van der Waals surface area contributed by atoms with E-state index in [4.69, 9.17) is 37.8 Å². The Labute approximate surface area is 170 Å². The van der Waals surface area contributed by atoms with Crippen molar-refractivity contribution < 1.29 is 24.2 Å². The summed E-state index contributed by atoms with van der Waals surface area (Å²) in [6, 6.07) is 10.9. The molecule has 0 aliphatic rings. The van der Waals surface area contributed by atoms with Gasteiger partial charge in [0, 0.05) is 5.69 Å². The van der Waals surface area contributed by atoms with Gasteiger partial charge in [0.15, 0.2) is 18.1 Å². The molecule has 144 valence electrons. The molecule has 0 fully saturated rings. The van der Waals surface area contributed by atoms with Crippen LogP contribution >= 0.6 is 23.2 Å². The number of aliphatic carboxylic acids is 1. The van der Waals surface area contributed by atoms with E-state index in [2.05, 4.69) is 5.32 Å². The lowest BCUT2D eigenvalue weighted by atomic mass is 10.1. The minimum absolute atomic E-state index is 0.160. The number of ether oxygens (including phenoxy) is 2. The molecule has 7 nitrogen and oxygen atoms in total. The molecule has 28 heavy (non-hydrogen) atoms. The van der Waals surface area contributed by atoms with Crippen LogP contribution in [0.25, 0.3) is 6.08 Å². The van der Waals surface area contributed by atoms with Crippen molar-refractivity contribution in [2.75, 3.05) is 19.0 Å². The summed E-state index contributed by atoms with van der Waals surface area (Å²) in [4.78, 5) is 23.0. The number of carboxylic acids is 1. The third kappa shape index (κ3) is 5.64. The molecule has 0 unspecified atom stereocenters. The van der Waals surface area contributed by atoms with E-state index < -0.39 is 18.5 Å². The van der Waals surface area contributed by atoms with Crippen LogP contribution in [0.4, 0.5) is 5.69 Å². The van der Waals surface area contributed by atoms with Crippen LogP contribution in [0, 0.1) is 11.3 Å². The van der Waals surface area contributed by atoms with Crippen molar-refractivity contribution in [2.45, 2.75) is 0 Å². The molecule has 0 radical (unpaired) electrons. The number of hydrogen-bond donors (Lipinski definition) is 2. The number of nitrogens with one attached hydrogen (secondary N) is 1. The highest BCUT2D eigenvalue weighted by Gasteiger charge is 2.12. The van der Waals surface area contributed by atoms with Crippen molar-refractivity contribution in [1.82, 2.24) is 0 Å². The summed E-state index contributed by atoms with van der Waals surface area (Å²) in [7, 11) is 1.39. The fraction of sp³-hybridized carbons (Fsp3) is 0.105. The second-order valence-electron chi connectivity index (χ2n) is 5.35. The molecule has 2 N–H and O–H groups in total. The van der Waals surface area contributed by atoms with Gasteiger partial charge in [-0.25, -0.2) is 4.79 Å². The fourth-order valence-electron chi connectivity index (χ4n) is 2.12. The maximum atomic E-state index is 12.3. The first-order valence-corrected chi connectivity index (χ1v) is 8.50. The topological polar surface area (TPSA) is 109 Å². The largest absolute Gasteiger partial charge is 0.493 e. The Bertz CT molecular complexity index is 983. The van der Waals surface area contributed by atoms with Crippen LogP contribution in [0.15, 0.2) is 42.0 Å². The van der Waals surface area contributed by atoms with Gasteiger partial charge in [0.2, 0.25) is 0 Å². The Balaban J connectivity index is 2.22. The summed E-state index contributed by atoms with van der Waals surface area (Å²) in [5.74, 6) is -1.28. The summed E-state index contributed by atoms with van der Waals surface area (Å²) < 4.78 is 10.3. The van der Waals surface area contributed by atoms with E-state index >= 15 is 0 Å². The molecule has 0 heterocycles. The number of halogens is 2. The molecule has 1 amide bonds. The van der Waals surface area contributed by atoms with Crippen molar-refractivity contribution in [3.05, 3.63) is 57.6 Å². The van der Waals surface area contributed by atoms with E-state index in [1.807, 2.05) is 6.07 Å². The van der Waals surface area contributed by atoms with Gasteiger partial charge in [0.05, 0.1) is 17.2 Å². The second-order valence-corrected chi connectivity index (χ2v) is 6.16. The predicted molar refractivity (Wildman–Crippen MR) is 105 cm³/mol. The number of amides is 1. The molecule has 0 atom stereocenters. The Morgan fingerprint density at radius 2 is 1.93 bits per heavy atom. The number of nitrogens with zero attached hydrogens (tertiary/aromatic N) is 1. The third-order valence-corrected chi connectivity index (χ3v) is 4.13. The molecule has 0 aliphatic heterocycles. The van der Waals surface area contributed by atoms with Gasteiger partial charge >= 0.3 is 5.97 Å². The van der Waals surface area contributed by atoms with Crippen LogP contribution in [-0.2, 0) is 9.59 Å². The highest BCUT2D eigenvalue weighted by Crippen LogP contribution is 2.29. The fourth-order valence-corrected chi connectivity index (χ4v) is 2.42. The van der Waals surface area contributed by atoms with Crippen molar-refractivity contribution >= 4 is 46.8 Å². The highest BCUT2D eigenvalue weighted by molar-refractivity contribution is 6.42. The molecular formula is C19H14Cl2N2O5. The number of rotatable bonds is 7. The minimum atomic E-state index is -1.13. The summed E-state index contributed by atoms with van der Waals surface area (Å²) >= 11 is 11.7. The van der Waals surface area contributed by atoms with Crippen LogP contribution in [0.3, 0.4) is 0 Å². The number of carboxylic acid groups (broad SMARTS) is 1. The van der Waals surface area contributed by atoms with E-state index in [1.165, 1.54) is 37.5 Å². The maximum Gasteiger partial charge on any atom is 0.341 e. The van der Waals surface area contributed by atoms with Gasteiger partial charge in [0.25, 0.3) is 5.91 Å². The zero-order chi connectivity index (χ0) is 20.7. The molecule has 0 saturated heterocycles. The molecule has 0 aliphatic carbocycles. The maximum absolute atomic E-state index is 12.3. The van der Waals surface area contributed by atoms with Gasteiger partial charge in [-0.2, -0.15) is 5.26 Å². The summed E-state index contributed by atoms with van der Waals surface area (Å²) in [6.45, 7) is -0.527. The van der Waals surface area contributed by atoms with E-state index in [0.717, 1.165) is 0 Å². The van der Waals surface area contributed by atoms with Crippen molar-refractivity contribution in [2.24, 2.45) is 0 Å². The van der Waals surface area contributed by atoms with Gasteiger partial charge in [-0.15, -0.1) is 0 Å². The van der Waals surface area contributed by atoms with Crippen molar-refractivity contribution in [3.63, 3.8) is 0 Å². The third-order valence-electron chi connectivity index (χ3n) is 3.39. The Morgan fingerprint density at radius 3 is 2.54 bits per heavy atom. The number of methoxy groups -OCH3 is 1. The standard InChI is InChI=1S/C19H14Cl2N2O5/c1-27-17-7-11(2-5-16(17)28-10-18(24)25)6-12(9-22)19(26)23-13-3-4-14(20)15(21)8-13/h2-8H,10H2,1H3,(H,23,26)(H,24,25)/b12-6+. The lowest BCUT2D eigenvalue weighted by Gasteiger charge is -2.10. The lowest BCUT2D eigenvalue weighted by molar-refractivity contribution is -0.139. The van der Waals surface area contributed by atoms with Gasteiger partial charge < -0.3 is 19.9 Å². The Kier molecular flexibility index (Phi) is 7.27. The molecule has 0 spiro atoms. The number of carbonyl (C=O) groups excluding carboxylic acids is 1. The quantitative estimate of drug-likeness (QED) is 0.517. The molecule has 0 saturated carbocycles.